The summed E-state index contributed by atoms with van der Waals surface area (Å²) >= 11 is 1.58. The summed E-state index contributed by atoms with van der Waals surface area (Å²) in [5, 5.41) is -0.112. The number of benzene rings is 2. The predicted molar refractivity (Wildman–Crippen MR) is 106 cm³/mol. The molecule has 1 amide bonds. The van der Waals surface area contributed by atoms with Crippen LogP contribution in [0.5, 0.6) is 0 Å². The average Bonchev–Trinajstić information content (AvgIpc) is 2.67. The van der Waals surface area contributed by atoms with Crippen molar-refractivity contribution in [3.63, 3.8) is 0 Å². The third-order valence-electron chi connectivity index (χ3n) is 4.59. The number of carbonyl (C=O) groups excluding carboxylic acids is 1. The fourth-order valence-electron chi connectivity index (χ4n) is 3.10. The second-order valence-electron chi connectivity index (χ2n) is 6.35. The van der Waals surface area contributed by atoms with E-state index in [4.69, 9.17) is 5.73 Å². The molecule has 2 aromatic carbocycles. The number of para-hydroxylation sites is 1. The number of hydrogen-bond donors (Lipinski definition) is 1. The lowest BCUT2D eigenvalue weighted by atomic mass is 10.2. The van der Waals surface area contributed by atoms with E-state index in [0.29, 0.717) is 31.9 Å². The van der Waals surface area contributed by atoms with Crippen molar-refractivity contribution in [1.29, 1.82) is 0 Å². The van der Waals surface area contributed by atoms with Gasteiger partial charge in [0.2, 0.25) is 5.91 Å². The number of piperazine rings is 1. The molecule has 6 heteroatoms. The normalized spacial score (nSPS) is 15.8. The second kappa shape index (κ2) is 8.45. The molecule has 0 saturated carbocycles. The smallest absolute Gasteiger partial charge is 0.236 e. The van der Waals surface area contributed by atoms with Gasteiger partial charge < -0.3 is 15.5 Å². The summed E-state index contributed by atoms with van der Waals surface area (Å²) in [4.78, 5) is 17.9. The van der Waals surface area contributed by atoms with Crippen molar-refractivity contribution in [1.82, 2.24) is 4.90 Å². The van der Waals surface area contributed by atoms with Crippen LogP contribution in [0.2, 0.25) is 0 Å². The first-order valence-corrected chi connectivity index (χ1v) is 9.77. The van der Waals surface area contributed by atoms with Crippen LogP contribution in [0.1, 0.15) is 13.3 Å². The van der Waals surface area contributed by atoms with Gasteiger partial charge in [-0.15, -0.1) is 11.8 Å². The Morgan fingerprint density at radius 2 is 1.77 bits per heavy atom. The van der Waals surface area contributed by atoms with Gasteiger partial charge in [0, 0.05) is 36.8 Å². The van der Waals surface area contributed by atoms with Crippen LogP contribution in [0, 0.1) is 5.82 Å². The summed E-state index contributed by atoms with van der Waals surface area (Å²) in [5.74, 6) is -0.0554. The third-order valence-corrected chi connectivity index (χ3v) is 5.95. The monoisotopic (exact) mass is 373 g/mol. The van der Waals surface area contributed by atoms with Gasteiger partial charge in [-0.3, -0.25) is 4.79 Å². The molecule has 4 nitrogen and oxygen atoms in total. The van der Waals surface area contributed by atoms with Crippen molar-refractivity contribution >= 4 is 29.0 Å². The zero-order valence-electron chi connectivity index (χ0n) is 14.9. The van der Waals surface area contributed by atoms with Gasteiger partial charge in [0.05, 0.1) is 10.9 Å². The predicted octanol–water partition coefficient (Wildman–Crippen LogP) is 3.63. The first-order valence-electron chi connectivity index (χ1n) is 8.89. The summed E-state index contributed by atoms with van der Waals surface area (Å²) < 4.78 is 13.9. The SMILES string of the molecule is CCC(Sc1ccc(N)cc1)C(=O)N1CCN(c2ccccc2F)CC1. The van der Waals surface area contributed by atoms with Crippen LogP contribution in [-0.4, -0.2) is 42.2 Å². The lowest BCUT2D eigenvalue weighted by Gasteiger charge is -2.37. The van der Waals surface area contributed by atoms with Crippen molar-refractivity contribution in [2.75, 3.05) is 36.8 Å². The Kier molecular flexibility index (Phi) is 6.04. The molecule has 1 fully saturated rings. The highest BCUT2D eigenvalue weighted by Gasteiger charge is 2.27. The van der Waals surface area contributed by atoms with Gasteiger partial charge in [-0.05, 0) is 42.8 Å². The molecule has 2 N–H and O–H groups in total. The number of nitrogens with two attached hydrogens (primary N) is 1. The van der Waals surface area contributed by atoms with Gasteiger partial charge >= 0.3 is 0 Å². The van der Waals surface area contributed by atoms with Gasteiger partial charge in [-0.1, -0.05) is 19.1 Å². The van der Waals surface area contributed by atoms with E-state index in [1.807, 2.05) is 47.1 Å². The van der Waals surface area contributed by atoms with Gasteiger partial charge in [0.1, 0.15) is 5.82 Å². The fraction of sp³-hybridized carbons (Fsp3) is 0.350. The molecule has 0 bridgehead atoms. The topological polar surface area (TPSA) is 49.6 Å². The molecule has 138 valence electrons. The van der Waals surface area contributed by atoms with E-state index in [9.17, 15) is 9.18 Å². The van der Waals surface area contributed by atoms with E-state index < -0.39 is 0 Å². The molecule has 1 atom stereocenters. The Hall–Kier alpha value is -2.21. The molecule has 1 heterocycles. The Bertz CT molecular complexity index is 745. The van der Waals surface area contributed by atoms with Crippen LogP contribution in [-0.2, 0) is 4.79 Å². The minimum Gasteiger partial charge on any atom is -0.399 e. The summed E-state index contributed by atoms with van der Waals surface area (Å²) in [6.07, 6.45) is 0.765. The first-order chi connectivity index (χ1) is 12.6. The number of carbonyl (C=O) groups is 1. The standard InChI is InChI=1S/C20H24FN3OS/c1-2-19(26-16-9-7-15(22)8-10-16)20(25)24-13-11-23(12-14-24)18-6-4-3-5-17(18)21/h3-10,19H,2,11-14,22H2,1H3. The molecular weight excluding hydrogens is 349 g/mol. The van der Waals surface area contributed by atoms with E-state index in [-0.39, 0.29) is 17.0 Å². The number of rotatable bonds is 5. The molecule has 1 aliphatic rings. The van der Waals surface area contributed by atoms with Crippen LogP contribution < -0.4 is 10.6 Å². The third kappa shape index (κ3) is 4.30. The number of halogens is 1. The lowest BCUT2D eigenvalue weighted by Crippen LogP contribution is -2.51. The maximum absolute atomic E-state index is 13.9. The Balaban J connectivity index is 1.59. The lowest BCUT2D eigenvalue weighted by molar-refractivity contribution is -0.130. The van der Waals surface area contributed by atoms with Crippen molar-refractivity contribution in [2.24, 2.45) is 0 Å². The van der Waals surface area contributed by atoms with Gasteiger partial charge in [0.15, 0.2) is 0 Å². The van der Waals surface area contributed by atoms with E-state index >= 15 is 0 Å². The quantitative estimate of drug-likeness (QED) is 0.642. The number of thioether (sulfide) groups is 1. The molecule has 1 saturated heterocycles. The summed E-state index contributed by atoms with van der Waals surface area (Å²) in [6, 6.07) is 14.4. The van der Waals surface area contributed by atoms with Crippen LogP contribution in [0.4, 0.5) is 15.8 Å². The minimum absolute atomic E-state index is 0.112. The molecule has 0 aromatic heterocycles. The molecular formula is C20H24FN3OS. The Morgan fingerprint density at radius 3 is 2.38 bits per heavy atom. The number of anilines is 2. The summed E-state index contributed by atoms with van der Waals surface area (Å²) in [7, 11) is 0. The van der Waals surface area contributed by atoms with Crippen molar-refractivity contribution < 1.29 is 9.18 Å². The highest BCUT2D eigenvalue weighted by molar-refractivity contribution is 8.00. The van der Waals surface area contributed by atoms with E-state index in [0.717, 1.165) is 17.0 Å². The first kappa shape index (κ1) is 18.6. The molecule has 0 aliphatic carbocycles. The number of nitrogen functional groups attached to an aromatic ring is 1. The van der Waals surface area contributed by atoms with Crippen molar-refractivity contribution in [3.05, 3.63) is 54.3 Å². The average molecular weight is 373 g/mol. The highest BCUT2D eigenvalue weighted by Crippen LogP contribution is 2.28. The fourth-order valence-corrected chi connectivity index (χ4v) is 4.14. The molecule has 3 rings (SSSR count). The summed E-state index contributed by atoms with van der Waals surface area (Å²) in [6.45, 7) is 4.56. The van der Waals surface area contributed by atoms with Crippen LogP contribution in [0.25, 0.3) is 0 Å². The van der Waals surface area contributed by atoms with Crippen molar-refractivity contribution in [3.8, 4) is 0 Å². The van der Waals surface area contributed by atoms with Gasteiger partial charge in [0.25, 0.3) is 0 Å². The number of hydrogen-bond acceptors (Lipinski definition) is 4. The summed E-state index contributed by atoms with van der Waals surface area (Å²) in [5.41, 5.74) is 7.06. The van der Waals surface area contributed by atoms with E-state index in [1.54, 1.807) is 23.9 Å². The minimum atomic E-state index is -0.211. The molecule has 2 aromatic rings. The van der Waals surface area contributed by atoms with Crippen LogP contribution in [0.15, 0.2) is 53.4 Å². The van der Waals surface area contributed by atoms with E-state index in [1.165, 1.54) is 6.07 Å². The maximum atomic E-state index is 13.9. The largest absolute Gasteiger partial charge is 0.399 e. The van der Waals surface area contributed by atoms with E-state index in [2.05, 4.69) is 0 Å². The highest BCUT2D eigenvalue weighted by atomic mass is 32.2. The van der Waals surface area contributed by atoms with Crippen LogP contribution >= 0.6 is 11.8 Å². The Morgan fingerprint density at radius 1 is 1.12 bits per heavy atom. The molecule has 1 unspecified atom stereocenters. The van der Waals surface area contributed by atoms with Crippen molar-refractivity contribution in [2.45, 2.75) is 23.5 Å². The van der Waals surface area contributed by atoms with Gasteiger partial charge in [-0.2, -0.15) is 0 Å². The zero-order valence-corrected chi connectivity index (χ0v) is 15.7. The zero-order chi connectivity index (χ0) is 18.5. The second-order valence-corrected chi connectivity index (χ2v) is 7.62. The van der Waals surface area contributed by atoms with Gasteiger partial charge in [-0.25, -0.2) is 4.39 Å². The van der Waals surface area contributed by atoms with Crippen LogP contribution in [0.3, 0.4) is 0 Å². The molecule has 1 aliphatic heterocycles. The number of amides is 1. The molecule has 0 spiro atoms. The Labute approximate surface area is 158 Å². The molecule has 0 radical (unpaired) electrons. The number of nitrogens with zero attached hydrogens (tertiary/aromatic N) is 2. The molecule has 26 heavy (non-hydrogen) atoms. The maximum Gasteiger partial charge on any atom is 0.236 e.